The third-order valence-electron chi connectivity index (χ3n) is 3.45. The second-order valence-electron chi connectivity index (χ2n) is 5.06. The number of carbonyl (C=O) groups is 1. The largest absolute Gasteiger partial charge is 0.422 e. The molecule has 1 N–H and O–H groups in total. The number of amides is 1. The second kappa shape index (κ2) is 5.00. The van der Waals surface area contributed by atoms with Crippen molar-refractivity contribution in [1.29, 1.82) is 0 Å². The molecule has 0 saturated carbocycles. The molecule has 2 heterocycles. The molecular formula is C14H13NO5S. The first-order chi connectivity index (χ1) is 9.94. The van der Waals surface area contributed by atoms with Crippen LogP contribution in [0.25, 0.3) is 11.0 Å². The Morgan fingerprint density at radius 2 is 2.05 bits per heavy atom. The summed E-state index contributed by atoms with van der Waals surface area (Å²) in [6, 6.07) is 7.88. The van der Waals surface area contributed by atoms with Gasteiger partial charge in [0, 0.05) is 11.4 Å². The molecule has 2 aromatic rings. The highest BCUT2D eigenvalue weighted by Gasteiger charge is 2.29. The summed E-state index contributed by atoms with van der Waals surface area (Å²) >= 11 is 0. The third kappa shape index (κ3) is 2.82. The summed E-state index contributed by atoms with van der Waals surface area (Å²) in [4.78, 5) is 23.9. The summed E-state index contributed by atoms with van der Waals surface area (Å²) in [5.41, 5.74) is -0.437. The van der Waals surface area contributed by atoms with Gasteiger partial charge in [-0.15, -0.1) is 0 Å². The van der Waals surface area contributed by atoms with Crippen molar-refractivity contribution in [2.45, 2.75) is 12.5 Å². The molecule has 0 unspecified atom stereocenters. The number of sulfone groups is 1. The van der Waals surface area contributed by atoms with E-state index in [4.69, 9.17) is 4.42 Å². The first-order valence-corrected chi connectivity index (χ1v) is 8.31. The van der Waals surface area contributed by atoms with E-state index >= 15 is 0 Å². The maximum atomic E-state index is 12.1. The monoisotopic (exact) mass is 307 g/mol. The van der Waals surface area contributed by atoms with Crippen molar-refractivity contribution < 1.29 is 17.6 Å². The average molecular weight is 307 g/mol. The Labute approximate surface area is 120 Å². The van der Waals surface area contributed by atoms with Crippen molar-refractivity contribution in [3.8, 4) is 0 Å². The van der Waals surface area contributed by atoms with Crippen molar-refractivity contribution in [3.63, 3.8) is 0 Å². The van der Waals surface area contributed by atoms with Gasteiger partial charge in [-0.1, -0.05) is 18.2 Å². The summed E-state index contributed by atoms with van der Waals surface area (Å²) in [6.07, 6.45) is 0.368. The van der Waals surface area contributed by atoms with Crippen LogP contribution in [0.4, 0.5) is 0 Å². The fourth-order valence-electron chi connectivity index (χ4n) is 2.39. The Bertz CT molecular complexity index is 868. The molecule has 0 spiro atoms. The van der Waals surface area contributed by atoms with Gasteiger partial charge in [-0.3, -0.25) is 4.79 Å². The van der Waals surface area contributed by atoms with E-state index in [1.807, 2.05) is 0 Å². The molecule has 0 aliphatic carbocycles. The molecule has 0 radical (unpaired) electrons. The van der Waals surface area contributed by atoms with E-state index in [1.54, 1.807) is 24.3 Å². The molecule has 1 atom stereocenters. The van der Waals surface area contributed by atoms with Crippen LogP contribution < -0.4 is 10.9 Å². The van der Waals surface area contributed by atoms with Crippen molar-refractivity contribution >= 4 is 26.7 Å². The summed E-state index contributed by atoms with van der Waals surface area (Å²) < 4.78 is 27.8. The van der Waals surface area contributed by atoms with Gasteiger partial charge in [0.2, 0.25) is 0 Å². The molecule has 1 aromatic carbocycles. The minimum atomic E-state index is -3.08. The number of rotatable bonds is 2. The zero-order valence-corrected chi connectivity index (χ0v) is 11.9. The predicted molar refractivity (Wildman–Crippen MR) is 77.0 cm³/mol. The molecule has 1 aromatic heterocycles. The van der Waals surface area contributed by atoms with Gasteiger partial charge in [-0.05, 0) is 18.6 Å². The minimum absolute atomic E-state index is 0.0598. The zero-order chi connectivity index (χ0) is 15.0. The number of para-hydroxylation sites is 1. The van der Waals surface area contributed by atoms with E-state index in [0.717, 1.165) is 0 Å². The molecule has 21 heavy (non-hydrogen) atoms. The second-order valence-corrected chi connectivity index (χ2v) is 7.29. The third-order valence-corrected chi connectivity index (χ3v) is 5.22. The van der Waals surface area contributed by atoms with Crippen molar-refractivity contribution in [1.82, 2.24) is 5.32 Å². The highest BCUT2D eigenvalue weighted by molar-refractivity contribution is 7.91. The van der Waals surface area contributed by atoms with E-state index < -0.39 is 27.4 Å². The number of hydrogen-bond acceptors (Lipinski definition) is 5. The number of nitrogens with one attached hydrogen (secondary N) is 1. The quantitative estimate of drug-likeness (QED) is 0.825. The highest BCUT2D eigenvalue weighted by atomic mass is 32.2. The van der Waals surface area contributed by atoms with Crippen LogP contribution in [-0.4, -0.2) is 31.9 Å². The average Bonchev–Trinajstić information content (AvgIpc) is 2.77. The Morgan fingerprint density at radius 1 is 1.29 bits per heavy atom. The lowest BCUT2D eigenvalue weighted by Gasteiger charge is -2.10. The molecule has 6 nitrogen and oxygen atoms in total. The summed E-state index contributed by atoms with van der Waals surface area (Å²) in [7, 11) is -3.08. The van der Waals surface area contributed by atoms with E-state index in [1.165, 1.54) is 6.07 Å². The van der Waals surface area contributed by atoms with E-state index in [-0.39, 0.29) is 17.1 Å². The van der Waals surface area contributed by atoms with Crippen molar-refractivity contribution in [2.75, 3.05) is 11.5 Å². The first kappa shape index (κ1) is 13.8. The standard InChI is InChI=1S/C14H13NO5S/c16-13(15-10-5-6-21(18,19)8-10)11-7-9-3-1-2-4-12(9)20-14(11)17/h1-4,7,10H,5-6,8H2,(H,15,16)/t10-/m0/s1. The van der Waals surface area contributed by atoms with E-state index in [9.17, 15) is 18.0 Å². The van der Waals surface area contributed by atoms with Crippen LogP contribution >= 0.6 is 0 Å². The van der Waals surface area contributed by atoms with Gasteiger partial charge in [0.1, 0.15) is 11.1 Å². The Morgan fingerprint density at radius 3 is 2.76 bits per heavy atom. The van der Waals surface area contributed by atoms with E-state index in [2.05, 4.69) is 5.32 Å². The number of hydrogen-bond donors (Lipinski definition) is 1. The van der Waals surface area contributed by atoms with Crippen LogP contribution in [0.2, 0.25) is 0 Å². The molecule has 1 aliphatic rings. The molecule has 1 fully saturated rings. The molecule has 1 saturated heterocycles. The van der Waals surface area contributed by atoms with Gasteiger partial charge in [0.05, 0.1) is 11.5 Å². The van der Waals surface area contributed by atoms with Gasteiger partial charge in [0.15, 0.2) is 9.84 Å². The molecule has 3 rings (SSSR count). The van der Waals surface area contributed by atoms with Gasteiger partial charge >= 0.3 is 5.63 Å². The molecule has 1 aliphatic heterocycles. The molecule has 0 bridgehead atoms. The molecular weight excluding hydrogens is 294 g/mol. The summed E-state index contributed by atoms with van der Waals surface area (Å²) in [5.74, 6) is -0.626. The van der Waals surface area contributed by atoms with Crippen LogP contribution in [0.15, 0.2) is 39.5 Å². The topological polar surface area (TPSA) is 93.4 Å². The molecule has 7 heteroatoms. The predicted octanol–water partition coefficient (Wildman–Crippen LogP) is 0.710. The van der Waals surface area contributed by atoms with Crippen molar-refractivity contribution in [3.05, 3.63) is 46.3 Å². The highest BCUT2D eigenvalue weighted by Crippen LogP contribution is 2.14. The minimum Gasteiger partial charge on any atom is -0.422 e. The van der Waals surface area contributed by atoms with Gasteiger partial charge in [-0.25, -0.2) is 13.2 Å². The summed E-state index contributed by atoms with van der Waals surface area (Å²) in [5, 5.41) is 3.22. The number of fused-ring (bicyclic) bond motifs is 1. The van der Waals surface area contributed by atoms with Crippen LogP contribution in [0.3, 0.4) is 0 Å². The van der Waals surface area contributed by atoms with E-state index in [0.29, 0.717) is 17.4 Å². The zero-order valence-electron chi connectivity index (χ0n) is 11.0. The lowest BCUT2D eigenvalue weighted by molar-refractivity contribution is 0.0937. The number of benzene rings is 1. The van der Waals surface area contributed by atoms with Gasteiger partial charge in [0.25, 0.3) is 5.91 Å². The van der Waals surface area contributed by atoms with Gasteiger partial charge < -0.3 is 9.73 Å². The van der Waals surface area contributed by atoms with Crippen LogP contribution in [0.1, 0.15) is 16.8 Å². The Kier molecular flexibility index (Phi) is 3.29. The summed E-state index contributed by atoms with van der Waals surface area (Å²) in [6.45, 7) is 0. The maximum Gasteiger partial charge on any atom is 0.349 e. The Hall–Kier alpha value is -2.15. The normalized spacial score (nSPS) is 20.5. The fraction of sp³-hybridized carbons (Fsp3) is 0.286. The Balaban J connectivity index is 1.88. The molecule has 110 valence electrons. The van der Waals surface area contributed by atoms with Gasteiger partial charge in [-0.2, -0.15) is 0 Å². The van der Waals surface area contributed by atoms with Crippen LogP contribution in [-0.2, 0) is 9.84 Å². The molecule has 1 amide bonds. The van der Waals surface area contributed by atoms with Crippen molar-refractivity contribution in [2.24, 2.45) is 0 Å². The first-order valence-electron chi connectivity index (χ1n) is 6.49. The maximum absolute atomic E-state index is 12.1. The lowest BCUT2D eigenvalue weighted by atomic mass is 10.1. The van der Waals surface area contributed by atoms with Crippen LogP contribution in [0.5, 0.6) is 0 Å². The SMILES string of the molecule is O=C(N[C@H]1CCS(=O)(=O)C1)c1cc2ccccc2oc1=O. The number of carbonyl (C=O) groups excluding carboxylic acids is 1. The lowest BCUT2D eigenvalue weighted by Crippen LogP contribution is -2.37. The smallest absolute Gasteiger partial charge is 0.349 e. The fourth-order valence-corrected chi connectivity index (χ4v) is 4.07. The van der Waals surface area contributed by atoms with Crippen LogP contribution in [0, 0.1) is 0 Å².